The summed E-state index contributed by atoms with van der Waals surface area (Å²) >= 11 is 0. The molecule has 0 saturated carbocycles. The van der Waals surface area contributed by atoms with Crippen LogP contribution in [0.5, 0.6) is 0 Å². The molecule has 6 heteroatoms. The van der Waals surface area contributed by atoms with Crippen molar-refractivity contribution in [2.24, 2.45) is 5.92 Å². The molecular weight excluding hydrogens is 286 g/mol. The second-order valence-corrected chi connectivity index (χ2v) is 7.85. The van der Waals surface area contributed by atoms with E-state index in [1.54, 1.807) is 6.07 Å². The fourth-order valence-corrected chi connectivity index (χ4v) is 3.24. The molecule has 1 fully saturated rings. The molecule has 1 aromatic rings. The largest absolute Gasteiger partial charge is 0.369 e. The highest BCUT2D eigenvalue weighted by atomic mass is 32.2. The van der Waals surface area contributed by atoms with Crippen molar-refractivity contribution in [1.29, 1.82) is 0 Å². The summed E-state index contributed by atoms with van der Waals surface area (Å²) in [6.45, 7) is 9.71. The predicted molar refractivity (Wildman–Crippen MR) is 88.4 cm³/mol. The molecule has 1 aliphatic heterocycles. The minimum atomic E-state index is -3.22. The Labute approximate surface area is 128 Å². The van der Waals surface area contributed by atoms with Crippen molar-refractivity contribution < 1.29 is 8.42 Å². The molecule has 2 rings (SSSR count). The highest BCUT2D eigenvalue weighted by Gasteiger charge is 2.18. The molecule has 0 aromatic heterocycles. The van der Waals surface area contributed by atoms with Crippen LogP contribution in [0.2, 0.25) is 0 Å². The van der Waals surface area contributed by atoms with Crippen molar-refractivity contribution >= 4 is 21.4 Å². The molecule has 21 heavy (non-hydrogen) atoms. The lowest BCUT2D eigenvalue weighted by atomic mass is 10.2. The second kappa shape index (κ2) is 6.66. The van der Waals surface area contributed by atoms with Crippen LogP contribution in [0, 0.1) is 5.92 Å². The highest BCUT2D eigenvalue weighted by Crippen LogP contribution is 2.21. The Hall–Kier alpha value is -1.27. The molecule has 118 valence electrons. The van der Waals surface area contributed by atoms with Gasteiger partial charge in [0, 0.05) is 38.4 Å². The first kappa shape index (κ1) is 16.1. The van der Waals surface area contributed by atoms with Gasteiger partial charge in [0.25, 0.3) is 0 Å². The fraction of sp³-hybridized carbons (Fsp3) is 0.600. The minimum Gasteiger partial charge on any atom is -0.369 e. The maximum absolute atomic E-state index is 11.3. The van der Waals surface area contributed by atoms with Crippen LogP contribution >= 0.6 is 0 Å². The van der Waals surface area contributed by atoms with Crippen LogP contribution in [0.3, 0.4) is 0 Å². The zero-order chi connectivity index (χ0) is 15.5. The maximum atomic E-state index is 11.3. The molecule has 0 bridgehead atoms. The van der Waals surface area contributed by atoms with E-state index in [-0.39, 0.29) is 0 Å². The fourth-order valence-electron chi connectivity index (χ4n) is 2.69. The Morgan fingerprint density at radius 2 is 1.86 bits per heavy atom. The van der Waals surface area contributed by atoms with Crippen molar-refractivity contribution in [2.75, 3.05) is 48.6 Å². The first-order valence-electron chi connectivity index (χ1n) is 7.38. The molecule has 1 saturated heterocycles. The van der Waals surface area contributed by atoms with Gasteiger partial charge >= 0.3 is 0 Å². The van der Waals surface area contributed by atoms with Crippen LogP contribution in [0.15, 0.2) is 24.3 Å². The number of piperazine rings is 1. The van der Waals surface area contributed by atoms with E-state index in [2.05, 4.69) is 28.4 Å². The van der Waals surface area contributed by atoms with Crippen LogP contribution < -0.4 is 9.62 Å². The number of hydrogen-bond donors (Lipinski definition) is 1. The molecule has 1 aromatic carbocycles. The van der Waals surface area contributed by atoms with Gasteiger partial charge in [0.1, 0.15) is 0 Å². The SMILES string of the molecule is CC(C)CN1CCN(c2cccc(NS(C)(=O)=O)c2)CC1. The molecule has 1 aliphatic rings. The minimum absolute atomic E-state index is 0.625. The van der Waals surface area contributed by atoms with Gasteiger partial charge in [-0.1, -0.05) is 19.9 Å². The third kappa shape index (κ3) is 5.21. The van der Waals surface area contributed by atoms with Gasteiger partial charge in [-0.2, -0.15) is 0 Å². The summed E-state index contributed by atoms with van der Waals surface area (Å²) in [7, 11) is -3.22. The van der Waals surface area contributed by atoms with Gasteiger partial charge in [-0.15, -0.1) is 0 Å². The van der Waals surface area contributed by atoms with E-state index in [0.717, 1.165) is 38.4 Å². The lowest BCUT2D eigenvalue weighted by Crippen LogP contribution is -2.47. The molecule has 0 amide bonds. The van der Waals surface area contributed by atoms with Crippen LogP contribution in [-0.4, -0.2) is 52.3 Å². The van der Waals surface area contributed by atoms with Gasteiger partial charge in [0.2, 0.25) is 10.0 Å². The van der Waals surface area contributed by atoms with Crippen molar-refractivity contribution in [3.05, 3.63) is 24.3 Å². The van der Waals surface area contributed by atoms with E-state index >= 15 is 0 Å². The van der Waals surface area contributed by atoms with E-state index in [1.807, 2.05) is 18.2 Å². The first-order valence-corrected chi connectivity index (χ1v) is 9.28. The van der Waals surface area contributed by atoms with E-state index in [9.17, 15) is 8.42 Å². The average Bonchev–Trinajstić information content (AvgIpc) is 2.37. The molecule has 0 radical (unpaired) electrons. The number of hydrogen-bond acceptors (Lipinski definition) is 4. The van der Waals surface area contributed by atoms with E-state index < -0.39 is 10.0 Å². The summed E-state index contributed by atoms with van der Waals surface area (Å²) in [5.41, 5.74) is 1.70. The maximum Gasteiger partial charge on any atom is 0.229 e. The number of rotatable bonds is 5. The standard InChI is InChI=1S/C15H25N3O2S/c1-13(2)12-17-7-9-18(10-8-17)15-6-4-5-14(11-15)16-21(3,19)20/h4-6,11,13,16H,7-10,12H2,1-3H3. The Kier molecular flexibility index (Phi) is 5.11. The van der Waals surface area contributed by atoms with E-state index in [0.29, 0.717) is 11.6 Å². The van der Waals surface area contributed by atoms with Gasteiger partial charge < -0.3 is 4.90 Å². The van der Waals surface area contributed by atoms with Crippen molar-refractivity contribution in [3.63, 3.8) is 0 Å². The summed E-state index contributed by atoms with van der Waals surface area (Å²) in [6, 6.07) is 7.60. The number of nitrogens with one attached hydrogen (secondary N) is 1. The highest BCUT2D eigenvalue weighted by molar-refractivity contribution is 7.92. The molecular formula is C15H25N3O2S. The molecule has 0 spiro atoms. The zero-order valence-corrected chi connectivity index (χ0v) is 13.9. The molecule has 0 aliphatic carbocycles. The Balaban J connectivity index is 1.99. The van der Waals surface area contributed by atoms with Gasteiger partial charge in [-0.3, -0.25) is 9.62 Å². The molecule has 0 unspecified atom stereocenters. The molecule has 1 heterocycles. The Morgan fingerprint density at radius 3 is 2.43 bits per heavy atom. The summed E-state index contributed by atoms with van der Waals surface area (Å²) in [4.78, 5) is 4.80. The van der Waals surface area contributed by atoms with E-state index in [4.69, 9.17) is 0 Å². The van der Waals surface area contributed by atoms with Crippen molar-refractivity contribution in [3.8, 4) is 0 Å². The Morgan fingerprint density at radius 1 is 1.19 bits per heavy atom. The van der Waals surface area contributed by atoms with Crippen LogP contribution in [0.4, 0.5) is 11.4 Å². The monoisotopic (exact) mass is 311 g/mol. The normalized spacial score (nSPS) is 17.2. The summed E-state index contributed by atoms with van der Waals surface area (Å²) < 4.78 is 25.1. The first-order chi connectivity index (χ1) is 9.83. The second-order valence-electron chi connectivity index (χ2n) is 6.11. The number of benzene rings is 1. The number of sulfonamides is 1. The van der Waals surface area contributed by atoms with Gasteiger partial charge in [0.05, 0.1) is 11.9 Å². The summed E-state index contributed by atoms with van der Waals surface area (Å²) in [5.74, 6) is 0.693. The van der Waals surface area contributed by atoms with Crippen molar-refractivity contribution in [1.82, 2.24) is 4.90 Å². The van der Waals surface area contributed by atoms with Crippen LogP contribution in [-0.2, 0) is 10.0 Å². The summed E-state index contributed by atoms with van der Waals surface area (Å²) in [6.07, 6.45) is 1.17. The quantitative estimate of drug-likeness (QED) is 0.901. The topological polar surface area (TPSA) is 52.6 Å². The molecule has 5 nitrogen and oxygen atoms in total. The van der Waals surface area contributed by atoms with Gasteiger partial charge in [0.15, 0.2) is 0 Å². The summed E-state index contributed by atoms with van der Waals surface area (Å²) in [5, 5.41) is 0. The zero-order valence-electron chi connectivity index (χ0n) is 13.0. The smallest absolute Gasteiger partial charge is 0.229 e. The lowest BCUT2D eigenvalue weighted by molar-refractivity contribution is 0.231. The van der Waals surface area contributed by atoms with Gasteiger partial charge in [-0.05, 0) is 24.1 Å². The lowest BCUT2D eigenvalue weighted by Gasteiger charge is -2.37. The number of nitrogens with zero attached hydrogens (tertiary/aromatic N) is 2. The van der Waals surface area contributed by atoms with Crippen molar-refractivity contribution in [2.45, 2.75) is 13.8 Å². The van der Waals surface area contributed by atoms with E-state index in [1.165, 1.54) is 6.26 Å². The molecule has 1 N–H and O–H groups in total. The third-order valence-electron chi connectivity index (χ3n) is 3.51. The van der Waals surface area contributed by atoms with Crippen LogP contribution in [0.25, 0.3) is 0 Å². The third-order valence-corrected chi connectivity index (χ3v) is 4.12. The van der Waals surface area contributed by atoms with Gasteiger partial charge in [-0.25, -0.2) is 8.42 Å². The average molecular weight is 311 g/mol. The van der Waals surface area contributed by atoms with Crippen LogP contribution in [0.1, 0.15) is 13.8 Å². The number of anilines is 2. The predicted octanol–water partition coefficient (Wildman–Crippen LogP) is 1.84. The Bertz CT molecular complexity index is 564. The molecule has 0 atom stereocenters.